The first-order chi connectivity index (χ1) is 13.7. The zero-order valence-electron chi connectivity index (χ0n) is 16.6. The minimum absolute atomic E-state index is 0.162. The Morgan fingerprint density at radius 1 is 1.18 bits per heavy atom. The number of urea groups is 1. The van der Waals surface area contributed by atoms with Gasteiger partial charge >= 0.3 is 6.03 Å². The Balaban J connectivity index is 1.40. The lowest BCUT2D eigenvalue weighted by Crippen LogP contribution is -2.39. The molecule has 0 aliphatic carbocycles. The van der Waals surface area contributed by atoms with Crippen LogP contribution in [0.4, 0.5) is 10.5 Å². The molecule has 1 saturated heterocycles. The zero-order chi connectivity index (χ0) is 19.8. The van der Waals surface area contributed by atoms with Crippen molar-refractivity contribution in [1.29, 1.82) is 0 Å². The number of carbonyl (C=O) groups excluding carboxylic acids is 1. The first-order valence-electron chi connectivity index (χ1n) is 9.71. The molecule has 0 aromatic heterocycles. The van der Waals surface area contributed by atoms with Gasteiger partial charge in [0.1, 0.15) is 5.75 Å². The number of likely N-dealkylation sites (tertiary alicyclic amines) is 1. The fourth-order valence-electron chi connectivity index (χ4n) is 3.54. The fourth-order valence-corrected chi connectivity index (χ4v) is 4.15. The van der Waals surface area contributed by atoms with Crippen LogP contribution in [0.5, 0.6) is 5.75 Å². The highest BCUT2D eigenvalue weighted by molar-refractivity contribution is 7.98. The molecule has 2 aromatic rings. The molecule has 2 N–H and O–H groups in total. The van der Waals surface area contributed by atoms with Gasteiger partial charge in [0.05, 0.1) is 7.11 Å². The maximum absolute atomic E-state index is 12.2. The molecule has 0 spiro atoms. The Hall–Kier alpha value is -2.18. The highest BCUT2D eigenvalue weighted by Gasteiger charge is 2.20. The number of piperidine rings is 1. The standard InChI is InChI=1S/C22H29N3O2S/c1-27-20-8-5-7-19(14-20)24-22(26)23-15-17-10-12-25(13-11-17)16-18-6-3-4-9-21(18)28-2/h3-9,14,17H,10-13,15-16H2,1-2H3,(H2,23,24,26). The molecular formula is C22H29N3O2S. The average molecular weight is 400 g/mol. The van der Waals surface area contributed by atoms with Crippen LogP contribution in [0, 0.1) is 5.92 Å². The van der Waals surface area contributed by atoms with Gasteiger partial charge in [-0.2, -0.15) is 0 Å². The minimum atomic E-state index is -0.162. The summed E-state index contributed by atoms with van der Waals surface area (Å²) in [6, 6.07) is 15.9. The molecule has 2 amide bonds. The number of nitrogens with zero attached hydrogens (tertiary/aromatic N) is 1. The Bertz CT molecular complexity index is 776. The van der Waals surface area contributed by atoms with E-state index in [0.29, 0.717) is 12.5 Å². The Morgan fingerprint density at radius 3 is 2.71 bits per heavy atom. The number of ether oxygens (including phenoxy) is 1. The third-order valence-corrected chi connectivity index (χ3v) is 6.01. The number of carbonyl (C=O) groups is 1. The van der Waals surface area contributed by atoms with Crippen LogP contribution in [0.1, 0.15) is 18.4 Å². The van der Waals surface area contributed by atoms with Crippen LogP contribution in [-0.2, 0) is 6.54 Å². The van der Waals surface area contributed by atoms with Crippen molar-refractivity contribution in [2.45, 2.75) is 24.3 Å². The Kier molecular flexibility index (Phi) is 7.62. The third-order valence-electron chi connectivity index (χ3n) is 5.17. The molecule has 0 unspecified atom stereocenters. The van der Waals surface area contributed by atoms with E-state index >= 15 is 0 Å². The summed E-state index contributed by atoms with van der Waals surface area (Å²) in [4.78, 5) is 16.0. The third kappa shape index (κ3) is 5.91. The number of anilines is 1. The van der Waals surface area contributed by atoms with Crippen molar-refractivity contribution in [3.8, 4) is 5.75 Å². The van der Waals surface area contributed by atoms with Crippen molar-refractivity contribution < 1.29 is 9.53 Å². The minimum Gasteiger partial charge on any atom is -0.497 e. The molecule has 150 valence electrons. The molecule has 0 atom stereocenters. The lowest BCUT2D eigenvalue weighted by atomic mass is 9.96. The van der Waals surface area contributed by atoms with Crippen molar-refractivity contribution in [2.24, 2.45) is 5.92 Å². The second-order valence-corrected chi connectivity index (χ2v) is 7.95. The van der Waals surface area contributed by atoms with Gasteiger partial charge in [-0.25, -0.2) is 4.79 Å². The summed E-state index contributed by atoms with van der Waals surface area (Å²) in [5, 5.41) is 5.88. The summed E-state index contributed by atoms with van der Waals surface area (Å²) in [5.41, 5.74) is 2.14. The lowest BCUT2D eigenvalue weighted by molar-refractivity contribution is 0.175. The van der Waals surface area contributed by atoms with Crippen molar-refractivity contribution in [1.82, 2.24) is 10.2 Å². The summed E-state index contributed by atoms with van der Waals surface area (Å²) in [6.45, 7) is 3.87. The second-order valence-electron chi connectivity index (χ2n) is 7.10. The Morgan fingerprint density at radius 2 is 1.96 bits per heavy atom. The van der Waals surface area contributed by atoms with Gasteiger partial charge in [0.15, 0.2) is 0 Å². The molecule has 2 aromatic carbocycles. The van der Waals surface area contributed by atoms with Crippen LogP contribution in [0.15, 0.2) is 53.4 Å². The van der Waals surface area contributed by atoms with E-state index in [1.165, 1.54) is 10.5 Å². The molecule has 3 rings (SSSR count). The van der Waals surface area contributed by atoms with Crippen LogP contribution in [0.25, 0.3) is 0 Å². The van der Waals surface area contributed by atoms with E-state index in [1.807, 2.05) is 36.0 Å². The number of rotatable bonds is 7. The van der Waals surface area contributed by atoms with Gasteiger partial charge in [0.2, 0.25) is 0 Å². The first-order valence-corrected chi connectivity index (χ1v) is 10.9. The molecule has 6 heteroatoms. The number of methoxy groups -OCH3 is 1. The van der Waals surface area contributed by atoms with Gasteiger partial charge in [-0.1, -0.05) is 24.3 Å². The van der Waals surface area contributed by atoms with Gasteiger partial charge in [0, 0.05) is 29.7 Å². The topological polar surface area (TPSA) is 53.6 Å². The maximum Gasteiger partial charge on any atom is 0.319 e. The number of hydrogen-bond acceptors (Lipinski definition) is 4. The van der Waals surface area contributed by atoms with E-state index in [4.69, 9.17) is 4.74 Å². The summed E-state index contributed by atoms with van der Waals surface area (Å²) in [5.74, 6) is 1.26. The maximum atomic E-state index is 12.2. The summed E-state index contributed by atoms with van der Waals surface area (Å²) >= 11 is 1.81. The second kappa shape index (κ2) is 10.4. The molecule has 1 aliphatic rings. The number of thioether (sulfide) groups is 1. The first kappa shape index (κ1) is 20.6. The van der Waals surface area contributed by atoms with E-state index in [9.17, 15) is 4.79 Å². The number of nitrogens with one attached hydrogen (secondary N) is 2. The molecule has 28 heavy (non-hydrogen) atoms. The summed E-state index contributed by atoms with van der Waals surface area (Å²) in [6.07, 6.45) is 4.36. The normalized spacial score (nSPS) is 15.2. The number of benzene rings is 2. The summed E-state index contributed by atoms with van der Waals surface area (Å²) in [7, 11) is 1.62. The van der Waals surface area contributed by atoms with Crippen molar-refractivity contribution in [2.75, 3.05) is 38.3 Å². The molecule has 5 nitrogen and oxygen atoms in total. The predicted molar refractivity (Wildman–Crippen MR) is 116 cm³/mol. The molecule has 1 heterocycles. The van der Waals surface area contributed by atoms with Gasteiger partial charge in [-0.05, 0) is 61.9 Å². The van der Waals surface area contributed by atoms with Crippen LogP contribution >= 0.6 is 11.8 Å². The predicted octanol–water partition coefficient (Wildman–Crippen LogP) is 4.45. The molecule has 0 bridgehead atoms. The van der Waals surface area contributed by atoms with Crippen molar-refractivity contribution >= 4 is 23.5 Å². The van der Waals surface area contributed by atoms with Gasteiger partial charge in [0.25, 0.3) is 0 Å². The Labute approximate surface area is 171 Å². The van der Waals surface area contributed by atoms with Crippen LogP contribution in [-0.4, -0.2) is 43.9 Å². The van der Waals surface area contributed by atoms with Gasteiger partial charge in [-0.15, -0.1) is 11.8 Å². The monoisotopic (exact) mass is 399 g/mol. The van der Waals surface area contributed by atoms with E-state index < -0.39 is 0 Å². The number of amides is 2. The quantitative estimate of drug-likeness (QED) is 0.676. The SMILES string of the molecule is COc1cccc(NC(=O)NCC2CCN(Cc3ccccc3SC)CC2)c1. The fraction of sp³-hybridized carbons (Fsp3) is 0.409. The number of hydrogen-bond donors (Lipinski definition) is 2. The summed E-state index contributed by atoms with van der Waals surface area (Å²) < 4.78 is 5.18. The highest BCUT2D eigenvalue weighted by atomic mass is 32.2. The molecule has 0 radical (unpaired) electrons. The van der Waals surface area contributed by atoms with Crippen molar-refractivity contribution in [3.63, 3.8) is 0 Å². The molecule has 0 saturated carbocycles. The van der Waals surface area contributed by atoms with Gasteiger partial charge in [-0.3, -0.25) is 4.90 Å². The van der Waals surface area contributed by atoms with Crippen LogP contribution in [0.3, 0.4) is 0 Å². The van der Waals surface area contributed by atoms with E-state index in [-0.39, 0.29) is 6.03 Å². The largest absolute Gasteiger partial charge is 0.497 e. The van der Waals surface area contributed by atoms with E-state index in [1.54, 1.807) is 7.11 Å². The zero-order valence-corrected chi connectivity index (χ0v) is 17.4. The van der Waals surface area contributed by atoms with E-state index in [2.05, 4.69) is 46.1 Å². The van der Waals surface area contributed by atoms with E-state index in [0.717, 1.165) is 43.9 Å². The van der Waals surface area contributed by atoms with Gasteiger partial charge < -0.3 is 15.4 Å². The molecule has 1 fully saturated rings. The smallest absolute Gasteiger partial charge is 0.319 e. The van der Waals surface area contributed by atoms with Crippen LogP contribution in [0.2, 0.25) is 0 Å². The average Bonchev–Trinajstić information content (AvgIpc) is 2.74. The van der Waals surface area contributed by atoms with Crippen LogP contribution < -0.4 is 15.4 Å². The lowest BCUT2D eigenvalue weighted by Gasteiger charge is -2.32. The molecular weight excluding hydrogens is 370 g/mol. The van der Waals surface area contributed by atoms with Crippen molar-refractivity contribution in [3.05, 3.63) is 54.1 Å². The molecule has 1 aliphatic heterocycles. The highest BCUT2D eigenvalue weighted by Crippen LogP contribution is 2.24.